The van der Waals surface area contributed by atoms with Gasteiger partial charge in [-0.2, -0.15) is 0 Å². The average molecular weight is 663 g/mol. The van der Waals surface area contributed by atoms with E-state index >= 15 is 0 Å². The zero-order chi connectivity index (χ0) is 34.7. The van der Waals surface area contributed by atoms with Crippen LogP contribution < -0.4 is 0 Å². The minimum Gasteiger partial charge on any atom is -0.457 e. The molecule has 0 radical (unpaired) electrons. The minimum atomic E-state index is -1.12. The molecule has 0 aromatic rings. The first-order chi connectivity index (χ1) is 22.2. The summed E-state index contributed by atoms with van der Waals surface area (Å²) >= 11 is 0. The number of hydrogen-bond donors (Lipinski definition) is 3. The summed E-state index contributed by atoms with van der Waals surface area (Å²) in [7, 11) is 1.77. The van der Waals surface area contributed by atoms with E-state index in [0.717, 1.165) is 25.2 Å². The van der Waals surface area contributed by atoms with Gasteiger partial charge in [0, 0.05) is 38.4 Å². The van der Waals surface area contributed by atoms with Gasteiger partial charge in [-0.25, -0.2) is 4.79 Å². The lowest BCUT2D eigenvalue weighted by Crippen LogP contribution is -2.40. The predicted molar refractivity (Wildman–Crippen MR) is 183 cm³/mol. The molecule has 0 spiro atoms. The number of epoxide rings is 1. The van der Waals surface area contributed by atoms with E-state index in [2.05, 4.69) is 4.90 Å². The van der Waals surface area contributed by atoms with Crippen molar-refractivity contribution in [1.82, 2.24) is 9.80 Å². The van der Waals surface area contributed by atoms with E-state index in [0.29, 0.717) is 32.2 Å². The summed E-state index contributed by atoms with van der Waals surface area (Å²) in [4.78, 5) is 30.0. The summed E-state index contributed by atoms with van der Waals surface area (Å²) in [6, 6.07) is 0. The molecule has 3 aliphatic heterocycles. The highest BCUT2D eigenvalue weighted by Gasteiger charge is 2.47. The fourth-order valence-corrected chi connectivity index (χ4v) is 6.57. The van der Waals surface area contributed by atoms with Crippen molar-refractivity contribution in [2.45, 2.75) is 135 Å². The van der Waals surface area contributed by atoms with Crippen LogP contribution in [0.1, 0.15) is 92.9 Å². The van der Waals surface area contributed by atoms with Crippen molar-refractivity contribution in [1.29, 1.82) is 0 Å². The number of allylic oxidation sites excluding steroid dienone is 2. The number of carbonyl (C=O) groups is 2. The number of nitrogens with zero attached hydrogens (tertiary/aromatic N) is 2. The van der Waals surface area contributed by atoms with Crippen molar-refractivity contribution in [3.63, 3.8) is 0 Å². The van der Waals surface area contributed by atoms with E-state index in [1.165, 1.54) is 19.3 Å². The predicted octanol–water partition coefficient (Wildman–Crippen LogP) is 5.01. The molecule has 10 atom stereocenters. The summed E-state index contributed by atoms with van der Waals surface area (Å²) in [6.45, 7) is 15.0. The van der Waals surface area contributed by atoms with Crippen LogP contribution in [0.4, 0.5) is 4.79 Å². The topological polar surface area (TPSA) is 132 Å². The van der Waals surface area contributed by atoms with Gasteiger partial charge in [0.25, 0.3) is 0 Å². The van der Waals surface area contributed by atoms with Gasteiger partial charge in [0.15, 0.2) is 0 Å². The van der Waals surface area contributed by atoms with Gasteiger partial charge in [-0.15, -0.1) is 0 Å². The Morgan fingerprint density at radius 2 is 1.91 bits per heavy atom. The SMILES string of the molecule is CCC(O)C(C)C1OC1CC(C)(O)C=CC=C(C)C1OC(=O)CC(O)CCC(C)C(OC(=O)N(C)CCN2CCCCC2)C=CC1C. The van der Waals surface area contributed by atoms with Crippen LogP contribution in [0.25, 0.3) is 0 Å². The Bertz CT molecular complexity index is 1080. The van der Waals surface area contributed by atoms with Crippen LogP contribution >= 0.6 is 0 Å². The van der Waals surface area contributed by atoms with Crippen molar-refractivity contribution in [3.8, 4) is 0 Å². The number of likely N-dealkylation sites (tertiary alicyclic amines) is 1. The summed E-state index contributed by atoms with van der Waals surface area (Å²) in [5.74, 6) is -0.782. The number of likely N-dealkylation sites (N-methyl/N-ethyl adjacent to an activating group) is 1. The lowest BCUT2D eigenvalue weighted by Gasteiger charge is -2.30. The van der Waals surface area contributed by atoms with Gasteiger partial charge in [-0.1, -0.05) is 58.4 Å². The maximum atomic E-state index is 13.1. The standard InChI is InChI=1S/C37H62N2O8/c1-8-30(41)28(5)35-32(45-35)24-37(6,44)18-12-13-26(3)34-27(4)15-17-31(25(2)14-16-29(40)23-33(42)47-34)46-36(43)38(7)21-22-39-19-10-9-11-20-39/h12-13,15,17-18,25,27-32,34-35,40-41,44H,8-11,14,16,19-24H2,1-7H3. The fourth-order valence-electron chi connectivity index (χ4n) is 6.57. The van der Waals surface area contributed by atoms with Crippen LogP contribution in [-0.2, 0) is 19.0 Å². The molecular weight excluding hydrogens is 600 g/mol. The first kappa shape index (κ1) is 39.2. The molecule has 268 valence electrons. The van der Waals surface area contributed by atoms with Gasteiger partial charge in [0.05, 0.1) is 36.4 Å². The molecule has 3 aliphatic rings. The van der Waals surface area contributed by atoms with E-state index in [1.54, 1.807) is 31.0 Å². The number of ether oxygens (including phenoxy) is 3. The Morgan fingerprint density at radius 1 is 1.21 bits per heavy atom. The molecule has 3 heterocycles. The van der Waals surface area contributed by atoms with Gasteiger partial charge in [0.2, 0.25) is 0 Å². The minimum absolute atomic E-state index is 0.00668. The van der Waals surface area contributed by atoms with Gasteiger partial charge >= 0.3 is 12.1 Å². The Morgan fingerprint density at radius 3 is 2.60 bits per heavy atom. The highest BCUT2D eigenvalue weighted by molar-refractivity contribution is 5.70. The van der Waals surface area contributed by atoms with Crippen LogP contribution in [0.15, 0.2) is 36.0 Å². The van der Waals surface area contributed by atoms with E-state index in [-0.39, 0.29) is 42.5 Å². The third kappa shape index (κ3) is 13.0. The summed E-state index contributed by atoms with van der Waals surface area (Å²) in [6.07, 6.45) is 11.7. The fraction of sp³-hybridized carbons (Fsp3) is 0.784. The average Bonchev–Trinajstić information content (AvgIpc) is 3.79. The zero-order valence-corrected chi connectivity index (χ0v) is 29.8. The van der Waals surface area contributed by atoms with Gasteiger partial charge in [-0.3, -0.25) is 4.79 Å². The normalized spacial score (nSPS) is 32.4. The number of esters is 1. The van der Waals surface area contributed by atoms with Crippen molar-refractivity contribution in [2.75, 3.05) is 33.2 Å². The Balaban J connectivity index is 1.67. The highest BCUT2D eigenvalue weighted by atomic mass is 16.6. The van der Waals surface area contributed by atoms with E-state index in [9.17, 15) is 24.9 Å². The Labute approximate surface area is 282 Å². The number of aliphatic hydroxyl groups is 3. The summed E-state index contributed by atoms with van der Waals surface area (Å²) in [5.41, 5.74) is -0.353. The molecule has 0 bridgehead atoms. The molecule has 10 unspecified atom stereocenters. The second-order valence-corrected chi connectivity index (χ2v) is 14.5. The van der Waals surface area contributed by atoms with E-state index in [4.69, 9.17) is 14.2 Å². The smallest absolute Gasteiger partial charge is 0.410 e. The number of cyclic esters (lactones) is 1. The molecule has 1 amide bonds. The molecule has 10 nitrogen and oxygen atoms in total. The number of piperidine rings is 1. The molecule has 0 aliphatic carbocycles. The van der Waals surface area contributed by atoms with Crippen molar-refractivity contribution in [2.24, 2.45) is 17.8 Å². The summed E-state index contributed by atoms with van der Waals surface area (Å²) in [5, 5.41) is 31.8. The molecular formula is C37H62N2O8. The monoisotopic (exact) mass is 662 g/mol. The summed E-state index contributed by atoms with van der Waals surface area (Å²) < 4.78 is 17.7. The molecule has 2 saturated heterocycles. The second-order valence-electron chi connectivity index (χ2n) is 14.5. The molecule has 10 heteroatoms. The first-order valence-electron chi connectivity index (χ1n) is 17.8. The maximum absolute atomic E-state index is 13.1. The van der Waals surface area contributed by atoms with Gasteiger partial charge < -0.3 is 39.3 Å². The molecule has 3 N–H and O–H groups in total. The van der Waals surface area contributed by atoms with Gasteiger partial charge in [-0.05, 0) is 76.6 Å². The molecule has 3 rings (SSSR count). The van der Waals surface area contributed by atoms with Crippen LogP contribution in [0.5, 0.6) is 0 Å². The third-order valence-electron chi connectivity index (χ3n) is 10.1. The van der Waals surface area contributed by atoms with Crippen molar-refractivity contribution < 1.29 is 39.1 Å². The Hall–Kier alpha value is -2.24. The first-order valence-corrected chi connectivity index (χ1v) is 17.8. The largest absolute Gasteiger partial charge is 0.457 e. The maximum Gasteiger partial charge on any atom is 0.410 e. The van der Waals surface area contributed by atoms with Gasteiger partial charge in [0.1, 0.15) is 12.2 Å². The van der Waals surface area contributed by atoms with Crippen LogP contribution in [0.3, 0.4) is 0 Å². The van der Waals surface area contributed by atoms with Crippen molar-refractivity contribution in [3.05, 3.63) is 36.0 Å². The third-order valence-corrected chi connectivity index (χ3v) is 10.1. The number of rotatable bonds is 12. The number of aliphatic hydroxyl groups excluding tert-OH is 2. The molecule has 2 fully saturated rings. The number of amides is 1. The van der Waals surface area contributed by atoms with Crippen molar-refractivity contribution >= 4 is 12.1 Å². The number of carbonyl (C=O) groups excluding carboxylic acids is 2. The quantitative estimate of drug-likeness (QED) is 0.114. The van der Waals surface area contributed by atoms with Crippen LogP contribution in [0, 0.1) is 17.8 Å². The highest BCUT2D eigenvalue weighted by Crippen LogP contribution is 2.37. The molecule has 0 saturated carbocycles. The van der Waals surface area contributed by atoms with E-state index in [1.807, 2.05) is 52.8 Å². The van der Waals surface area contributed by atoms with Crippen LogP contribution in [-0.4, -0.2) is 113 Å². The molecule has 0 aromatic carbocycles. The molecule has 0 aromatic heterocycles. The van der Waals surface area contributed by atoms with E-state index < -0.39 is 36.0 Å². The second kappa shape index (κ2) is 18.5. The number of hydrogen-bond acceptors (Lipinski definition) is 9. The Kier molecular flexibility index (Phi) is 15.4. The zero-order valence-electron chi connectivity index (χ0n) is 29.8. The lowest BCUT2D eigenvalue weighted by atomic mass is 9.91. The lowest BCUT2D eigenvalue weighted by molar-refractivity contribution is -0.151. The molecule has 47 heavy (non-hydrogen) atoms. The van der Waals surface area contributed by atoms with Crippen LogP contribution in [0.2, 0.25) is 0 Å².